The quantitative estimate of drug-likeness (QED) is 0.517. The maximum Gasteiger partial charge on any atom is 0.269 e. The third-order valence-corrected chi connectivity index (χ3v) is 5.17. The normalized spacial score (nSPS) is 11.7. The van der Waals surface area contributed by atoms with E-state index in [9.17, 15) is 18.5 Å². The predicted octanol–water partition coefficient (Wildman–Crippen LogP) is 2.71. The number of nitrogens with zero attached hydrogens (tertiary/aromatic N) is 1. The van der Waals surface area contributed by atoms with Gasteiger partial charge < -0.3 is 5.32 Å². The highest BCUT2D eigenvalue weighted by molar-refractivity contribution is 7.88. The first-order valence-corrected chi connectivity index (χ1v) is 9.93. The Bertz CT molecular complexity index is 866. The van der Waals surface area contributed by atoms with Crippen molar-refractivity contribution in [1.29, 1.82) is 0 Å². The molecule has 8 heteroatoms. The van der Waals surface area contributed by atoms with Crippen LogP contribution in [0.3, 0.4) is 0 Å². The fourth-order valence-corrected chi connectivity index (χ4v) is 4.09. The number of nitro benzene ring substituents is 1. The van der Waals surface area contributed by atoms with Crippen LogP contribution < -0.4 is 10.0 Å². The van der Waals surface area contributed by atoms with Gasteiger partial charge in [0.2, 0.25) is 10.0 Å². The average molecular weight is 377 g/mol. The van der Waals surface area contributed by atoms with Crippen LogP contribution in [-0.4, -0.2) is 19.4 Å². The fraction of sp³-hybridized carbons (Fsp3) is 0.333. The Kier molecular flexibility index (Phi) is 6.84. The summed E-state index contributed by atoms with van der Waals surface area (Å²) in [5, 5.41) is 14.0. The Morgan fingerprint density at radius 3 is 2.38 bits per heavy atom. The van der Waals surface area contributed by atoms with E-state index in [4.69, 9.17) is 0 Å². The largest absolute Gasteiger partial charge is 0.309 e. The van der Waals surface area contributed by atoms with Crippen LogP contribution in [0.25, 0.3) is 0 Å². The summed E-state index contributed by atoms with van der Waals surface area (Å²) in [5.41, 5.74) is 2.46. The van der Waals surface area contributed by atoms with E-state index in [0.717, 1.165) is 16.7 Å². The molecule has 0 saturated heterocycles. The van der Waals surface area contributed by atoms with Gasteiger partial charge in [0.05, 0.1) is 10.7 Å². The molecule has 0 amide bonds. The first kappa shape index (κ1) is 20.0. The molecule has 2 aromatic carbocycles. The van der Waals surface area contributed by atoms with E-state index in [-0.39, 0.29) is 17.5 Å². The van der Waals surface area contributed by atoms with Gasteiger partial charge in [0.25, 0.3) is 5.69 Å². The van der Waals surface area contributed by atoms with Crippen molar-refractivity contribution in [3.63, 3.8) is 0 Å². The van der Waals surface area contributed by atoms with Gasteiger partial charge in [-0.1, -0.05) is 36.4 Å². The van der Waals surface area contributed by atoms with Crippen LogP contribution in [0.4, 0.5) is 5.69 Å². The van der Waals surface area contributed by atoms with Crippen molar-refractivity contribution in [3.8, 4) is 0 Å². The maximum atomic E-state index is 12.2. The van der Waals surface area contributed by atoms with Gasteiger partial charge in [-0.05, 0) is 30.5 Å². The van der Waals surface area contributed by atoms with Crippen molar-refractivity contribution in [2.45, 2.75) is 38.7 Å². The molecule has 0 aliphatic heterocycles. The number of hydrogen-bond acceptors (Lipinski definition) is 5. The van der Waals surface area contributed by atoms with E-state index in [2.05, 4.69) is 10.0 Å². The van der Waals surface area contributed by atoms with Gasteiger partial charge in [-0.15, -0.1) is 0 Å². The summed E-state index contributed by atoms with van der Waals surface area (Å²) in [5.74, 6) is -0.0835. The first-order chi connectivity index (χ1) is 12.3. The fourth-order valence-electron chi connectivity index (χ4n) is 2.60. The molecule has 0 heterocycles. The Balaban J connectivity index is 2.02. The van der Waals surface area contributed by atoms with Gasteiger partial charge in [-0.25, -0.2) is 13.1 Å². The SMILES string of the molecule is CC(C)NS(=O)(=O)Cc1ccccc1CNCc1cccc([N+](=O)[O-])c1. The smallest absolute Gasteiger partial charge is 0.269 e. The molecule has 0 radical (unpaired) electrons. The second-order valence-corrected chi connectivity index (χ2v) is 8.08. The van der Waals surface area contributed by atoms with E-state index in [1.165, 1.54) is 12.1 Å². The zero-order valence-corrected chi connectivity index (χ0v) is 15.6. The van der Waals surface area contributed by atoms with Crippen molar-refractivity contribution in [2.75, 3.05) is 0 Å². The molecule has 0 aliphatic rings. The third-order valence-electron chi connectivity index (χ3n) is 3.65. The van der Waals surface area contributed by atoms with Crippen LogP contribution in [0.15, 0.2) is 48.5 Å². The Labute approximate surface area is 153 Å². The van der Waals surface area contributed by atoms with E-state index in [0.29, 0.717) is 13.1 Å². The zero-order valence-electron chi connectivity index (χ0n) is 14.8. The number of nitrogens with one attached hydrogen (secondary N) is 2. The second-order valence-electron chi connectivity index (χ2n) is 6.33. The molecule has 0 atom stereocenters. The number of sulfonamides is 1. The summed E-state index contributed by atoms with van der Waals surface area (Å²) in [6, 6.07) is 13.6. The summed E-state index contributed by atoms with van der Waals surface area (Å²) in [4.78, 5) is 10.4. The van der Waals surface area contributed by atoms with Crippen LogP contribution in [-0.2, 0) is 28.9 Å². The molecule has 2 N–H and O–H groups in total. The molecule has 0 bridgehead atoms. The summed E-state index contributed by atoms with van der Waals surface area (Å²) in [7, 11) is -3.40. The zero-order chi connectivity index (χ0) is 19.2. The van der Waals surface area contributed by atoms with E-state index >= 15 is 0 Å². The summed E-state index contributed by atoms with van der Waals surface area (Å²) in [6.45, 7) is 4.48. The van der Waals surface area contributed by atoms with Crippen molar-refractivity contribution in [2.24, 2.45) is 0 Å². The van der Waals surface area contributed by atoms with E-state index < -0.39 is 14.9 Å². The molecule has 0 saturated carbocycles. The third kappa shape index (κ3) is 6.21. The summed E-state index contributed by atoms with van der Waals surface area (Å²) in [6.07, 6.45) is 0. The van der Waals surface area contributed by atoms with Gasteiger partial charge >= 0.3 is 0 Å². The summed E-state index contributed by atoms with van der Waals surface area (Å²) >= 11 is 0. The van der Waals surface area contributed by atoms with Gasteiger partial charge in [-0.2, -0.15) is 0 Å². The van der Waals surface area contributed by atoms with E-state index in [1.54, 1.807) is 26.0 Å². The molecule has 0 fully saturated rings. The van der Waals surface area contributed by atoms with Crippen LogP contribution in [0.2, 0.25) is 0 Å². The summed E-state index contributed by atoms with van der Waals surface area (Å²) < 4.78 is 26.9. The number of nitro groups is 1. The number of benzene rings is 2. The molecular weight excluding hydrogens is 354 g/mol. The molecule has 140 valence electrons. The lowest BCUT2D eigenvalue weighted by molar-refractivity contribution is -0.384. The maximum absolute atomic E-state index is 12.2. The van der Waals surface area contributed by atoms with Crippen LogP contribution in [0.5, 0.6) is 0 Å². The number of non-ortho nitro benzene ring substituents is 1. The van der Waals surface area contributed by atoms with Crippen LogP contribution in [0.1, 0.15) is 30.5 Å². The molecule has 0 spiro atoms. The second kappa shape index (κ2) is 8.88. The Morgan fingerprint density at radius 2 is 1.73 bits per heavy atom. The Hall–Kier alpha value is -2.29. The lowest BCUT2D eigenvalue weighted by Gasteiger charge is -2.13. The monoisotopic (exact) mass is 377 g/mol. The molecule has 2 aromatic rings. The molecule has 7 nitrogen and oxygen atoms in total. The van der Waals surface area contributed by atoms with Crippen molar-refractivity contribution in [3.05, 3.63) is 75.3 Å². The van der Waals surface area contributed by atoms with Gasteiger partial charge in [0.15, 0.2) is 0 Å². The average Bonchev–Trinajstić information content (AvgIpc) is 2.55. The number of hydrogen-bond donors (Lipinski definition) is 2. The van der Waals surface area contributed by atoms with Gasteiger partial charge in [-0.3, -0.25) is 10.1 Å². The molecular formula is C18H23N3O4S. The van der Waals surface area contributed by atoms with Crippen LogP contribution in [0, 0.1) is 10.1 Å². The molecule has 0 aliphatic carbocycles. The predicted molar refractivity (Wildman–Crippen MR) is 101 cm³/mol. The van der Waals surface area contributed by atoms with Crippen molar-refractivity contribution < 1.29 is 13.3 Å². The van der Waals surface area contributed by atoms with Gasteiger partial charge in [0, 0.05) is 31.3 Å². The lowest BCUT2D eigenvalue weighted by Crippen LogP contribution is -2.31. The van der Waals surface area contributed by atoms with Crippen LogP contribution >= 0.6 is 0 Å². The molecule has 2 rings (SSSR count). The molecule has 0 unspecified atom stereocenters. The highest BCUT2D eigenvalue weighted by atomic mass is 32.2. The van der Waals surface area contributed by atoms with Gasteiger partial charge in [0.1, 0.15) is 0 Å². The Morgan fingerprint density at radius 1 is 1.04 bits per heavy atom. The minimum atomic E-state index is -3.40. The minimum absolute atomic E-state index is 0.0514. The number of rotatable bonds is 9. The first-order valence-electron chi connectivity index (χ1n) is 8.27. The van der Waals surface area contributed by atoms with E-state index in [1.807, 2.05) is 24.3 Å². The molecule has 0 aromatic heterocycles. The lowest BCUT2D eigenvalue weighted by atomic mass is 10.1. The highest BCUT2D eigenvalue weighted by Gasteiger charge is 2.15. The minimum Gasteiger partial charge on any atom is -0.309 e. The standard InChI is InChI=1S/C18H23N3O4S/c1-14(2)20-26(24,25)13-17-8-4-3-7-16(17)12-19-11-15-6-5-9-18(10-15)21(22)23/h3-10,14,19-20H,11-13H2,1-2H3. The highest BCUT2D eigenvalue weighted by Crippen LogP contribution is 2.15. The van der Waals surface area contributed by atoms with Crippen molar-refractivity contribution in [1.82, 2.24) is 10.0 Å². The van der Waals surface area contributed by atoms with Crippen molar-refractivity contribution >= 4 is 15.7 Å². The topological polar surface area (TPSA) is 101 Å². The molecule has 26 heavy (non-hydrogen) atoms.